The lowest BCUT2D eigenvalue weighted by atomic mass is 10.2. The van der Waals surface area contributed by atoms with E-state index in [1.165, 1.54) is 0 Å². The second-order valence-corrected chi connectivity index (χ2v) is 5.74. The first-order valence-electron chi connectivity index (χ1n) is 8.29. The average Bonchev–Trinajstić information content (AvgIpc) is 3.14. The van der Waals surface area contributed by atoms with E-state index in [4.69, 9.17) is 4.74 Å². The van der Waals surface area contributed by atoms with Gasteiger partial charge in [0.25, 0.3) is 0 Å². The van der Waals surface area contributed by atoms with Gasteiger partial charge in [-0.25, -0.2) is 9.48 Å². The van der Waals surface area contributed by atoms with E-state index in [-0.39, 0.29) is 0 Å². The van der Waals surface area contributed by atoms with E-state index in [9.17, 15) is 4.79 Å². The number of aromatic nitrogens is 2. The molecular formula is C22H16N2O2. The molecule has 0 fully saturated rings. The lowest BCUT2D eigenvalue weighted by molar-refractivity contribution is 0.0723. The third-order valence-electron chi connectivity index (χ3n) is 3.95. The molecule has 0 saturated carbocycles. The van der Waals surface area contributed by atoms with Crippen molar-refractivity contribution in [1.29, 1.82) is 0 Å². The molecule has 126 valence electrons. The molecule has 0 bridgehead atoms. The molecule has 26 heavy (non-hydrogen) atoms. The molecule has 0 radical (unpaired) electrons. The molecule has 0 aliphatic rings. The fraction of sp³-hybridized carbons (Fsp3) is 0. The van der Waals surface area contributed by atoms with E-state index in [1.807, 2.05) is 66.7 Å². The van der Waals surface area contributed by atoms with Gasteiger partial charge in [0.1, 0.15) is 0 Å². The zero-order valence-electron chi connectivity index (χ0n) is 13.9. The highest BCUT2D eigenvalue weighted by atomic mass is 16.5. The highest BCUT2D eigenvalue weighted by molar-refractivity contribution is 5.91. The minimum absolute atomic E-state index is 0.379. The van der Waals surface area contributed by atoms with Crippen LogP contribution in [0.2, 0.25) is 0 Å². The molecule has 1 heterocycles. The van der Waals surface area contributed by atoms with E-state index in [1.54, 1.807) is 35.0 Å². The first-order valence-corrected chi connectivity index (χ1v) is 8.29. The zero-order chi connectivity index (χ0) is 17.8. The molecule has 0 unspecified atom stereocenters. The summed E-state index contributed by atoms with van der Waals surface area (Å²) in [5.41, 5.74) is 3.02. The van der Waals surface area contributed by atoms with Crippen LogP contribution < -0.4 is 4.74 Å². The van der Waals surface area contributed by atoms with Gasteiger partial charge in [0.15, 0.2) is 0 Å². The third-order valence-corrected chi connectivity index (χ3v) is 3.95. The molecular weight excluding hydrogens is 324 g/mol. The monoisotopic (exact) mass is 340 g/mol. The van der Waals surface area contributed by atoms with Crippen LogP contribution in [0, 0.1) is 0 Å². The van der Waals surface area contributed by atoms with Crippen LogP contribution in [0.25, 0.3) is 16.9 Å². The molecule has 4 nitrogen and oxygen atoms in total. The van der Waals surface area contributed by atoms with E-state index >= 15 is 0 Å². The predicted octanol–water partition coefficient (Wildman–Crippen LogP) is 4.76. The van der Waals surface area contributed by atoms with Crippen LogP contribution in [-0.4, -0.2) is 15.7 Å². The number of rotatable bonds is 4. The molecule has 0 spiro atoms. The molecule has 0 amide bonds. The van der Waals surface area contributed by atoms with Gasteiger partial charge in [0, 0.05) is 11.6 Å². The molecule has 1 aromatic heterocycles. The van der Waals surface area contributed by atoms with Crippen molar-refractivity contribution >= 4 is 5.97 Å². The molecule has 0 saturated heterocycles. The molecule has 4 aromatic rings. The lowest BCUT2D eigenvalue weighted by Gasteiger charge is -2.07. The Balaban J connectivity index is 1.75. The second kappa shape index (κ2) is 7.07. The van der Waals surface area contributed by atoms with Gasteiger partial charge in [-0.15, -0.1) is 0 Å². The fourth-order valence-corrected chi connectivity index (χ4v) is 2.67. The van der Waals surface area contributed by atoms with Crippen molar-refractivity contribution in [3.63, 3.8) is 0 Å². The molecule has 4 heteroatoms. The summed E-state index contributed by atoms with van der Waals surface area (Å²) in [5.74, 6) is -0.0359. The number of hydrogen-bond donors (Lipinski definition) is 0. The number of nitrogens with zero attached hydrogens (tertiary/aromatic N) is 2. The molecule has 0 aliphatic carbocycles. The van der Waals surface area contributed by atoms with Crippen LogP contribution in [0.4, 0.5) is 0 Å². The Kier molecular flexibility index (Phi) is 4.31. The van der Waals surface area contributed by atoms with Crippen molar-refractivity contribution < 1.29 is 9.53 Å². The predicted molar refractivity (Wildman–Crippen MR) is 100 cm³/mol. The van der Waals surface area contributed by atoms with E-state index in [0.29, 0.717) is 11.4 Å². The Labute approximate surface area is 151 Å². The largest absolute Gasteiger partial charge is 0.404 e. The lowest BCUT2D eigenvalue weighted by Crippen LogP contribution is -2.11. The SMILES string of the molecule is O=C(Oc1cc(-c2ccccc2)nn1-c1ccccc1)c1ccccc1. The highest BCUT2D eigenvalue weighted by Crippen LogP contribution is 2.26. The van der Waals surface area contributed by atoms with Crippen molar-refractivity contribution in [2.24, 2.45) is 0 Å². The maximum atomic E-state index is 12.5. The Morgan fingerprint density at radius 3 is 2.00 bits per heavy atom. The third kappa shape index (κ3) is 3.26. The van der Waals surface area contributed by atoms with Crippen molar-refractivity contribution in [3.05, 3.63) is 103 Å². The summed E-state index contributed by atoms with van der Waals surface area (Å²) < 4.78 is 7.29. The van der Waals surface area contributed by atoms with Crippen LogP contribution >= 0.6 is 0 Å². The van der Waals surface area contributed by atoms with Crippen molar-refractivity contribution in [2.75, 3.05) is 0 Å². The topological polar surface area (TPSA) is 44.1 Å². The summed E-state index contributed by atoms with van der Waals surface area (Å²) in [5, 5.41) is 4.64. The van der Waals surface area contributed by atoms with Crippen LogP contribution in [0.5, 0.6) is 5.88 Å². The van der Waals surface area contributed by atoms with E-state index < -0.39 is 5.97 Å². The summed E-state index contributed by atoms with van der Waals surface area (Å²) >= 11 is 0. The first-order chi connectivity index (χ1) is 12.8. The van der Waals surface area contributed by atoms with E-state index in [2.05, 4.69) is 5.10 Å². The average molecular weight is 340 g/mol. The van der Waals surface area contributed by atoms with Crippen molar-refractivity contribution in [1.82, 2.24) is 9.78 Å². The molecule has 0 atom stereocenters. The molecule has 4 rings (SSSR count). The van der Waals surface area contributed by atoms with Gasteiger partial charge < -0.3 is 4.74 Å². The smallest absolute Gasteiger partial charge is 0.344 e. The van der Waals surface area contributed by atoms with Crippen LogP contribution in [0.1, 0.15) is 10.4 Å². The molecule has 3 aromatic carbocycles. The number of carbonyl (C=O) groups is 1. The van der Waals surface area contributed by atoms with Gasteiger partial charge in [-0.2, -0.15) is 5.10 Å². The van der Waals surface area contributed by atoms with Crippen LogP contribution in [-0.2, 0) is 0 Å². The molecule has 0 N–H and O–H groups in total. The number of para-hydroxylation sites is 1. The minimum Gasteiger partial charge on any atom is -0.404 e. The van der Waals surface area contributed by atoms with Gasteiger partial charge in [0.2, 0.25) is 5.88 Å². The number of ether oxygens (including phenoxy) is 1. The van der Waals surface area contributed by atoms with Crippen LogP contribution in [0.3, 0.4) is 0 Å². The minimum atomic E-state index is -0.415. The fourth-order valence-electron chi connectivity index (χ4n) is 2.67. The van der Waals surface area contributed by atoms with Gasteiger partial charge in [-0.1, -0.05) is 66.7 Å². The normalized spacial score (nSPS) is 10.5. The Morgan fingerprint density at radius 2 is 1.35 bits per heavy atom. The maximum absolute atomic E-state index is 12.5. The summed E-state index contributed by atoms with van der Waals surface area (Å²) in [4.78, 5) is 12.5. The van der Waals surface area contributed by atoms with Gasteiger partial charge in [0.05, 0.1) is 16.9 Å². The van der Waals surface area contributed by atoms with E-state index in [0.717, 1.165) is 16.9 Å². The Bertz CT molecular complexity index is 1010. The van der Waals surface area contributed by atoms with Gasteiger partial charge >= 0.3 is 5.97 Å². The quantitative estimate of drug-likeness (QED) is 0.503. The number of esters is 1. The number of benzene rings is 3. The summed E-state index contributed by atoms with van der Waals surface area (Å²) in [6, 6.07) is 30.1. The highest BCUT2D eigenvalue weighted by Gasteiger charge is 2.16. The first kappa shape index (κ1) is 15.8. The van der Waals surface area contributed by atoms with Gasteiger partial charge in [-0.3, -0.25) is 0 Å². The van der Waals surface area contributed by atoms with Crippen LogP contribution in [0.15, 0.2) is 97.1 Å². The number of carbonyl (C=O) groups excluding carboxylic acids is 1. The summed E-state index contributed by atoms with van der Waals surface area (Å²) in [6.45, 7) is 0. The Morgan fingerprint density at radius 1 is 0.769 bits per heavy atom. The molecule has 0 aliphatic heterocycles. The van der Waals surface area contributed by atoms with Crippen molar-refractivity contribution in [2.45, 2.75) is 0 Å². The zero-order valence-corrected chi connectivity index (χ0v) is 13.9. The summed E-state index contributed by atoms with van der Waals surface area (Å²) in [7, 11) is 0. The van der Waals surface area contributed by atoms with Crippen molar-refractivity contribution in [3.8, 4) is 22.8 Å². The summed E-state index contributed by atoms with van der Waals surface area (Å²) in [6.07, 6.45) is 0. The maximum Gasteiger partial charge on any atom is 0.344 e. The second-order valence-electron chi connectivity index (χ2n) is 5.74. The van der Waals surface area contributed by atoms with Gasteiger partial charge in [-0.05, 0) is 24.3 Å². The Hall–Kier alpha value is -3.66. The number of hydrogen-bond acceptors (Lipinski definition) is 3. The standard InChI is InChI=1S/C22H16N2O2/c25-22(18-12-6-2-7-13-18)26-21-16-20(17-10-4-1-5-11-17)23-24(21)19-14-8-3-9-15-19/h1-16H.